The van der Waals surface area contributed by atoms with Crippen molar-refractivity contribution in [3.63, 3.8) is 0 Å². The zero-order chi connectivity index (χ0) is 19.7. The molecule has 148 valence electrons. The van der Waals surface area contributed by atoms with Crippen molar-refractivity contribution in [1.82, 2.24) is 0 Å². The van der Waals surface area contributed by atoms with Gasteiger partial charge in [-0.2, -0.15) is 35.3 Å². The highest BCUT2D eigenvalue weighted by Crippen LogP contribution is 2.30. The van der Waals surface area contributed by atoms with E-state index in [4.69, 9.17) is 17.2 Å². The van der Waals surface area contributed by atoms with E-state index in [0.29, 0.717) is 30.8 Å². The van der Waals surface area contributed by atoms with E-state index in [2.05, 4.69) is 0 Å². The molecule has 0 saturated heterocycles. The zero-order valence-corrected chi connectivity index (χ0v) is 17.5. The first-order valence-corrected chi connectivity index (χ1v) is 12.0. The molecule has 8 N–H and O–H groups in total. The Labute approximate surface area is 162 Å². The summed E-state index contributed by atoms with van der Waals surface area (Å²) in [6, 6.07) is -0.544. The molecule has 0 aliphatic carbocycles. The van der Waals surface area contributed by atoms with Crippen LogP contribution in [0.2, 0.25) is 0 Å². The lowest BCUT2D eigenvalue weighted by molar-refractivity contribution is -0.145. The van der Waals surface area contributed by atoms with Crippen LogP contribution in [0.1, 0.15) is 25.7 Å². The zero-order valence-electron chi connectivity index (χ0n) is 15.1. The highest BCUT2D eigenvalue weighted by Gasteiger charge is 2.43. The molecule has 0 heterocycles. The first kappa shape index (κ1) is 24.9. The summed E-state index contributed by atoms with van der Waals surface area (Å²) in [6.07, 6.45) is 6.57. The second kappa shape index (κ2) is 11.6. The molecule has 0 aromatic heterocycles. The Kier molecular flexibility index (Phi) is 11.5. The summed E-state index contributed by atoms with van der Waals surface area (Å²) >= 11 is 4.40. The Morgan fingerprint density at radius 3 is 1.92 bits per heavy atom. The van der Waals surface area contributed by atoms with Crippen LogP contribution in [0.4, 0.5) is 0 Å². The quantitative estimate of drug-likeness (QED) is 0.277. The fourth-order valence-corrected chi connectivity index (χ4v) is 4.79. The number of hydrogen-bond acceptors (Lipinski definition) is 8. The van der Waals surface area contributed by atoms with E-state index in [9.17, 15) is 19.8 Å². The molecule has 0 fully saturated rings. The van der Waals surface area contributed by atoms with E-state index in [0.717, 1.165) is 0 Å². The Morgan fingerprint density at radius 1 is 1.00 bits per heavy atom. The summed E-state index contributed by atoms with van der Waals surface area (Å²) in [5.74, 6) is -0.908. The molecule has 7 nitrogen and oxygen atoms in total. The second-order valence-corrected chi connectivity index (χ2v) is 9.23. The van der Waals surface area contributed by atoms with Gasteiger partial charge in [-0.1, -0.05) is 0 Å². The van der Waals surface area contributed by atoms with Gasteiger partial charge < -0.3 is 27.4 Å². The lowest BCUT2D eigenvalue weighted by Crippen LogP contribution is -2.58. The van der Waals surface area contributed by atoms with E-state index in [1.807, 2.05) is 12.5 Å². The van der Waals surface area contributed by atoms with Crippen LogP contribution in [0.25, 0.3) is 0 Å². The molecular weight excluding hydrogens is 382 g/mol. The van der Waals surface area contributed by atoms with Gasteiger partial charge in [-0.3, -0.25) is 9.59 Å². The van der Waals surface area contributed by atoms with Gasteiger partial charge >= 0.3 is 11.9 Å². The summed E-state index contributed by atoms with van der Waals surface area (Å²) in [5.41, 5.74) is 15.6. The Hall–Kier alpha value is -0.130. The molecule has 0 saturated carbocycles. The van der Waals surface area contributed by atoms with Gasteiger partial charge in [0.1, 0.15) is 11.1 Å². The van der Waals surface area contributed by atoms with Crippen molar-refractivity contribution >= 4 is 47.2 Å². The monoisotopic (exact) mass is 413 g/mol. The molecule has 0 rings (SSSR count). The molecule has 0 bridgehead atoms. The third-order valence-corrected chi connectivity index (χ3v) is 6.71. The maximum absolute atomic E-state index is 11.7. The van der Waals surface area contributed by atoms with Crippen LogP contribution in [-0.4, -0.2) is 74.8 Å². The van der Waals surface area contributed by atoms with Crippen LogP contribution < -0.4 is 17.2 Å². The van der Waals surface area contributed by atoms with E-state index in [-0.39, 0.29) is 6.42 Å². The minimum Gasteiger partial charge on any atom is -0.480 e. The lowest BCUT2D eigenvalue weighted by Gasteiger charge is -2.35. The van der Waals surface area contributed by atoms with Gasteiger partial charge in [-0.05, 0) is 56.0 Å². The van der Waals surface area contributed by atoms with Crippen molar-refractivity contribution in [2.75, 3.05) is 30.3 Å². The number of carboxylic acid groups (broad SMARTS) is 2. The minimum absolute atomic E-state index is 0.0815. The van der Waals surface area contributed by atoms with Crippen LogP contribution in [0.5, 0.6) is 0 Å². The fourth-order valence-electron chi connectivity index (χ4n) is 2.60. The number of nitrogens with two attached hydrogens (primary N) is 3. The Morgan fingerprint density at radius 2 is 1.52 bits per heavy atom. The largest absolute Gasteiger partial charge is 0.480 e. The van der Waals surface area contributed by atoms with Crippen molar-refractivity contribution in [1.29, 1.82) is 0 Å². The molecule has 0 amide bonds. The Balaban J connectivity index is 5.14. The van der Waals surface area contributed by atoms with Crippen LogP contribution in [0.3, 0.4) is 0 Å². The molecule has 10 heteroatoms. The molecular formula is C15H31N3O4S3. The van der Waals surface area contributed by atoms with Crippen molar-refractivity contribution in [3.05, 3.63) is 0 Å². The molecule has 0 radical (unpaired) electrons. The van der Waals surface area contributed by atoms with Gasteiger partial charge in [0.15, 0.2) is 0 Å². The van der Waals surface area contributed by atoms with Crippen LogP contribution in [0, 0.1) is 0 Å². The highest BCUT2D eigenvalue weighted by molar-refractivity contribution is 7.99. The molecule has 0 aromatic carbocycles. The van der Waals surface area contributed by atoms with Crippen LogP contribution in [-0.2, 0) is 9.59 Å². The molecule has 0 spiro atoms. The number of thioether (sulfide) groups is 3. The summed E-state index contributed by atoms with van der Waals surface area (Å²) < 4.78 is 0. The van der Waals surface area contributed by atoms with Crippen molar-refractivity contribution < 1.29 is 19.8 Å². The van der Waals surface area contributed by atoms with Gasteiger partial charge in [0.2, 0.25) is 0 Å². The molecule has 25 heavy (non-hydrogen) atoms. The van der Waals surface area contributed by atoms with E-state index in [1.165, 1.54) is 35.3 Å². The third-order valence-electron chi connectivity index (χ3n) is 4.30. The van der Waals surface area contributed by atoms with E-state index < -0.39 is 34.3 Å². The minimum atomic E-state index is -1.41. The molecule has 2 unspecified atom stereocenters. The summed E-state index contributed by atoms with van der Waals surface area (Å²) in [4.78, 5) is 23.3. The average molecular weight is 414 g/mol. The topological polar surface area (TPSA) is 153 Å². The number of rotatable bonds is 14. The number of aliphatic carboxylic acids is 2. The predicted octanol–water partition coefficient (Wildman–Crippen LogP) is 0.896. The standard InChI is InChI=1S/C15H31N3O4S3/c1-23-6-4-14(17,12(19)20)9-10(16)8-11(25-3)15(18,13(21)22)5-7-24-2/h10-11H,4-9,16-18H2,1-3H3,(H,19,20)(H,21,22)/t10?,11?,14-,15-/m0/s1. The predicted molar refractivity (Wildman–Crippen MR) is 110 cm³/mol. The van der Waals surface area contributed by atoms with E-state index >= 15 is 0 Å². The van der Waals surface area contributed by atoms with Gasteiger partial charge in [0.05, 0.1) is 0 Å². The fraction of sp³-hybridized carbons (Fsp3) is 0.867. The van der Waals surface area contributed by atoms with Gasteiger partial charge in [0, 0.05) is 11.3 Å². The number of hydrogen-bond donors (Lipinski definition) is 5. The molecule has 0 aromatic rings. The second-order valence-electron chi connectivity index (χ2n) is 6.22. The Bertz CT molecular complexity index is 444. The van der Waals surface area contributed by atoms with Crippen LogP contribution >= 0.6 is 35.3 Å². The lowest BCUT2D eigenvalue weighted by atomic mass is 9.84. The maximum Gasteiger partial charge on any atom is 0.324 e. The molecule has 0 aliphatic heterocycles. The maximum atomic E-state index is 11.7. The smallest absolute Gasteiger partial charge is 0.324 e. The van der Waals surface area contributed by atoms with E-state index in [1.54, 1.807) is 6.26 Å². The van der Waals surface area contributed by atoms with Gasteiger partial charge in [-0.15, -0.1) is 0 Å². The molecule has 0 aliphatic rings. The number of carbonyl (C=O) groups is 2. The SMILES string of the molecule is CSCC[C@](N)(CC(N)CC(SC)[C@@](N)(CCSC)C(=O)O)C(=O)O. The first-order valence-electron chi connectivity index (χ1n) is 7.88. The van der Waals surface area contributed by atoms with Gasteiger partial charge in [-0.25, -0.2) is 0 Å². The third kappa shape index (κ3) is 7.56. The van der Waals surface area contributed by atoms with Crippen LogP contribution in [0.15, 0.2) is 0 Å². The van der Waals surface area contributed by atoms with Crippen molar-refractivity contribution in [3.8, 4) is 0 Å². The summed E-state index contributed by atoms with van der Waals surface area (Å²) in [7, 11) is 0. The van der Waals surface area contributed by atoms with Crippen molar-refractivity contribution in [2.24, 2.45) is 17.2 Å². The number of carboxylic acids is 2. The highest BCUT2D eigenvalue weighted by atomic mass is 32.2. The summed E-state index contributed by atoms with van der Waals surface area (Å²) in [6.45, 7) is 0. The first-order chi connectivity index (χ1) is 11.6. The van der Waals surface area contributed by atoms with Crippen molar-refractivity contribution in [2.45, 2.75) is 48.1 Å². The average Bonchev–Trinajstić information content (AvgIpc) is 2.55. The summed E-state index contributed by atoms with van der Waals surface area (Å²) in [5, 5.41) is 18.6. The van der Waals surface area contributed by atoms with Gasteiger partial charge in [0.25, 0.3) is 0 Å². The molecule has 4 atom stereocenters. The normalized spacial score (nSPS) is 18.8.